The van der Waals surface area contributed by atoms with Crippen LogP contribution in [0, 0.1) is 5.92 Å². The summed E-state index contributed by atoms with van der Waals surface area (Å²) in [5.41, 5.74) is 0. The summed E-state index contributed by atoms with van der Waals surface area (Å²) >= 11 is 0. The lowest BCUT2D eigenvalue weighted by Crippen LogP contribution is -2.44. The van der Waals surface area contributed by atoms with Crippen molar-refractivity contribution in [3.63, 3.8) is 0 Å². The Hall–Kier alpha value is -0.850. The van der Waals surface area contributed by atoms with Crippen molar-refractivity contribution in [2.45, 2.75) is 46.1 Å². The Morgan fingerprint density at radius 1 is 1.36 bits per heavy atom. The van der Waals surface area contributed by atoms with E-state index in [-0.39, 0.29) is 0 Å². The molecule has 1 fully saturated rings. The molecule has 148 valence electrons. The number of nitrogens with one attached hydrogen (secondary N) is 2. The van der Waals surface area contributed by atoms with E-state index in [2.05, 4.69) is 48.3 Å². The number of piperidine rings is 1. The second-order valence-electron chi connectivity index (χ2n) is 7.39. The zero-order valence-electron chi connectivity index (χ0n) is 17.2. The van der Waals surface area contributed by atoms with E-state index in [1.807, 2.05) is 0 Å². The smallest absolute Gasteiger partial charge is 0.191 e. The molecule has 2 unspecified atom stereocenters. The van der Waals surface area contributed by atoms with Crippen molar-refractivity contribution >= 4 is 5.96 Å². The minimum atomic E-state index is 0.509. The number of methoxy groups -OCH3 is 1. The molecule has 0 saturated carbocycles. The molecular formula is C19H41N5O. The minimum Gasteiger partial charge on any atom is -0.385 e. The summed E-state index contributed by atoms with van der Waals surface area (Å²) in [7, 11) is 3.91. The van der Waals surface area contributed by atoms with E-state index in [1.54, 1.807) is 7.11 Å². The van der Waals surface area contributed by atoms with E-state index in [0.717, 1.165) is 57.6 Å². The van der Waals surface area contributed by atoms with Crippen LogP contribution in [0.3, 0.4) is 0 Å². The molecule has 1 heterocycles. The lowest BCUT2D eigenvalue weighted by molar-refractivity contribution is 0.142. The molecule has 1 saturated heterocycles. The van der Waals surface area contributed by atoms with Crippen LogP contribution in [0.5, 0.6) is 0 Å². The SMILES string of the molecule is CCNC(=NCC(C)N1CCCC(C)C1)NCCN(C)CCCOC. The van der Waals surface area contributed by atoms with Crippen molar-refractivity contribution in [2.24, 2.45) is 10.9 Å². The average molecular weight is 356 g/mol. The van der Waals surface area contributed by atoms with Gasteiger partial charge in [-0.3, -0.25) is 9.89 Å². The van der Waals surface area contributed by atoms with Crippen LogP contribution in [0.1, 0.15) is 40.0 Å². The molecule has 2 atom stereocenters. The second-order valence-corrected chi connectivity index (χ2v) is 7.39. The predicted octanol–water partition coefficient (Wildman–Crippen LogP) is 1.63. The Morgan fingerprint density at radius 3 is 2.84 bits per heavy atom. The Bertz CT molecular complexity index is 364. The monoisotopic (exact) mass is 355 g/mol. The molecule has 1 aliphatic rings. The molecule has 0 amide bonds. The summed E-state index contributed by atoms with van der Waals surface area (Å²) in [6.45, 7) is 14.8. The van der Waals surface area contributed by atoms with Gasteiger partial charge in [0.1, 0.15) is 0 Å². The van der Waals surface area contributed by atoms with Gasteiger partial charge in [-0.05, 0) is 52.6 Å². The maximum absolute atomic E-state index is 5.10. The first-order chi connectivity index (χ1) is 12.1. The maximum Gasteiger partial charge on any atom is 0.191 e. The molecular weight excluding hydrogens is 314 g/mol. The van der Waals surface area contributed by atoms with E-state index in [0.29, 0.717) is 6.04 Å². The second kappa shape index (κ2) is 13.4. The predicted molar refractivity (Wildman–Crippen MR) is 107 cm³/mol. The number of guanidine groups is 1. The maximum atomic E-state index is 5.10. The van der Waals surface area contributed by atoms with Crippen molar-refractivity contribution in [3.05, 3.63) is 0 Å². The van der Waals surface area contributed by atoms with Gasteiger partial charge in [-0.15, -0.1) is 0 Å². The lowest BCUT2D eigenvalue weighted by atomic mass is 9.99. The highest BCUT2D eigenvalue weighted by Gasteiger charge is 2.20. The zero-order chi connectivity index (χ0) is 18.5. The van der Waals surface area contributed by atoms with E-state index in [9.17, 15) is 0 Å². The zero-order valence-corrected chi connectivity index (χ0v) is 17.2. The van der Waals surface area contributed by atoms with E-state index >= 15 is 0 Å². The normalized spacial score (nSPS) is 20.7. The highest BCUT2D eigenvalue weighted by molar-refractivity contribution is 5.79. The first-order valence-corrected chi connectivity index (χ1v) is 10.0. The molecule has 0 aromatic carbocycles. The summed E-state index contributed by atoms with van der Waals surface area (Å²) in [6.07, 6.45) is 3.77. The third-order valence-corrected chi connectivity index (χ3v) is 4.84. The van der Waals surface area contributed by atoms with Gasteiger partial charge in [-0.1, -0.05) is 6.92 Å². The standard InChI is InChI=1S/C19H41N5O/c1-6-20-19(21-10-13-23(4)11-8-14-25-5)22-15-18(3)24-12-7-9-17(2)16-24/h17-18H,6-16H2,1-5H3,(H2,20,21,22). The third kappa shape index (κ3) is 10.0. The fourth-order valence-corrected chi connectivity index (χ4v) is 3.26. The van der Waals surface area contributed by atoms with Gasteiger partial charge in [0, 0.05) is 52.5 Å². The summed E-state index contributed by atoms with van der Waals surface area (Å²) in [4.78, 5) is 9.71. The number of nitrogens with zero attached hydrogens (tertiary/aromatic N) is 3. The molecule has 0 radical (unpaired) electrons. The number of hydrogen-bond acceptors (Lipinski definition) is 4. The summed E-state index contributed by atoms with van der Waals surface area (Å²) in [6, 6.07) is 0.509. The molecule has 1 aliphatic heterocycles. The van der Waals surface area contributed by atoms with Gasteiger partial charge < -0.3 is 20.3 Å². The Balaban J connectivity index is 2.32. The van der Waals surface area contributed by atoms with Gasteiger partial charge in [-0.25, -0.2) is 0 Å². The van der Waals surface area contributed by atoms with Gasteiger partial charge >= 0.3 is 0 Å². The van der Waals surface area contributed by atoms with Crippen molar-refractivity contribution in [2.75, 3.05) is 66.6 Å². The Kier molecular flexibility index (Phi) is 11.9. The molecule has 6 heteroatoms. The van der Waals surface area contributed by atoms with E-state index in [4.69, 9.17) is 9.73 Å². The molecule has 1 rings (SSSR count). The number of rotatable bonds is 11. The van der Waals surface area contributed by atoms with Gasteiger partial charge in [0.2, 0.25) is 0 Å². The molecule has 6 nitrogen and oxygen atoms in total. The largest absolute Gasteiger partial charge is 0.385 e. The molecule has 0 aromatic heterocycles. The average Bonchev–Trinajstić information content (AvgIpc) is 2.59. The number of aliphatic imine (C=N–C) groups is 1. The highest BCUT2D eigenvalue weighted by Crippen LogP contribution is 2.17. The molecule has 0 spiro atoms. The van der Waals surface area contributed by atoms with Crippen molar-refractivity contribution in [1.82, 2.24) is 20.4 Å². The van der Waals surface area contributed by atoms with Crippen molar-refractivity contribution in [3.8, 4) is 0 Å². The van der Waals surface area contributed by atoms with Gasteiger partial charge in [0.05, 0.1) is 6.54 Å². The quantitative estimate of drug-likeness (QED) is 0.335. The van der Waals surface area contributed by atoms with Crippen LogP contribution in [0.15, 0.2) is 4.99 Å². The summed E-state index contributed by atoms with van der Waals surface area (Å²) < 4.78 is 5.10. The first-order valence-electron chi connectivity index (χ1n) is 10.0. The van der Waals surface area contributed by atoms with Gasteiger partial charge in [-0.2, -0.15) is 0 Å². The molecule has 2 N–H and O–H groups in total. The van der Waals surface area contributed by atoms with Gasteiger partial charge in [0.15, 0.2) is 5.96 Å². The summed E-state index contributed by atoms with van der Waals surface area (Å²) in [5.74, 6) is 1.75. The molecule has 0 bridgehead atoms. The number of likely N-dealkylation sites (N-methyl/N-ethyl adjacent to an activating group) is 1. The Morgan fingerprint density at radius 2 is 2.16 bits per heavy atom. The highest BCUT2D eigenvalue weighted by atomic mass is 16.5. The third-order valence-electron chi connectivity index (χ3n) is 4.84. The van der Waals surface area contributed by atoms with Crippen LogP contribution in [0.25, 0.3) is 0 Å². The number of ether oxygens (including phenoxy) is 1. The van der Waals surface area contributed by atoms with Gasteiger partial charge in [0.25, 0.3) is 0 Å². The van der Waals surface area contributed by atoms with E-state index in [1.165, 1.54) is 25.9 Å². The van der Waals surface area contributed by atoms with Crippen LogP contribution in [-0.2, 0) is 4.74 Å². The van der Waals surface area contributed by atoms with Crippen LogP contribution >= 0.6 is 0 Å². The van der Waals surface area contributed by atoms with Crippen LogP contribution in [0.2, 0.25) is 0 Å². The topological polar surface area (TPSA) is 52.1 Å². The van der Waals surface area contributed by atoms with Crippen molar-refractivity contribution < 1.29 is 4.74 Å². The van der Waals surface area contributed by atoms with Crippen molar-refractivity contribution in [1.29, 1.82) is 0 Å². The Labute approximate surface area is 155 Å². The molecule has 25 heavy (non-hydrogen) atoms. The van der Waals surface area contributed by atoms with Crippen LogP contribution < -0.4 is 10.6 Å². The van der Waals surface area contributed by atoms with Crippen LogP contribution in [-0.4, -0.2) is 88.4 Å². The first kappa shape index (κ1) is 22.2. The fourth-order valence-electron chi connectivity index (χ4n) is 3.26. The van der Waals surface area contributed by atoms with Crippen LogP contribution in [0.4, 0.5) is 0 Å². The molecule has 0 aromatic rings. The number of hydrogen-bond donors (Lipinski definition) is 2. The minimum absolute atomic E-state index is 0.509. The fraction of sp³-hybridized carbons (Fsp3) is 0.947. The summed E-state index contributed by atoms with van der Waals surface area (Å²) in [5, 5.41) is 6.81. The molecule has 0 aliphatic carbocycles. The number of likely N-dealkylation sites (tertiary alicyclic amines) is 1. The lowest BCUT2D eigenvalue weighted by Gasteiger charge is -2.35. The van der Waals surface area contributed by atoms with E-state index < -0.39 is 0 Å².